The number of hydrogen-bond acceptors (Lipinski definition) is 8. The second-order valence-electron chi connectivity index (χ2n) is 12.7. The molecule has 270 valence electrons. The van der Waals surface area contributed by atoms with Gasteiger partial charge in [0, 0.05) is 26.1 Å². The van der Waals surface area contributed by atoms with Crippen molar-refractivity contribution in [2.45, 2.75) is 95.4 Å². The van der Waals surface area contributed by atoms with Crippen molar-refractivity contribution in [3.63, 3.8) is 0 Å². The normalized spacial score (nSPS) is 19.7. The highest BCUT2D eigenvalue weighted by molar-refractivity contribution is 5.96. The van der Waals surface area contributed by atoms with Gasteiger partial charge in [-0.1, -0.05) is 50.6 Å². The molecule has 3 rings (SSSR count). The highest BCUT2D eigenvalue weighted by Crippen LogP contribution is 2.22. The van der Waals surface area contributed by atoms with Gasteiger partial charge >= 0.3 is 5.97 Å². The number of carboxylic acids is 1. The molecule has 1 aromatic rings. The van der Waals surface area contributed by atoms with E-state index in [0.717, 1.165) is 5.56 Å². The molecule has 16 heteroatoms. The molecule has 0 aromatic heterocycles. The number of nitrogens with one attached hydrogen (secondary N) is 3. The maximum atomic E-state index is 14.1. The quantitative estimate of drug-likeness (QED) is 0.0586. The molecule has 6 atom stereocenters. The van der Waals surface area contributed by atoms with Gasteiger partial charge in [-0.25, -0.2) is 4.79 Å². The minimum atomic E-state index is -1.15. The van der Waals surface area contributed by atoms with Crippen molar-refractivity contribution >= 4 is 41.5 Å². The van der Waals surface area contributed by atoms with Crippen molar-refractivity contribution in [3.8, 4) is 0 Å². The number of aliphatic carboxylic acids is 1. The SMILES string of the molecule is CCC(C)C(NC(=O)C1CCCN1C(=O)C(Cc1ccccc1)NC(=O)C1CCCN1C(=O)CNC(=O)[C@@H](N)CCCN=C(N)N)C(=O)O. The summed E-state index contributed by atoms with van der Waals surface area (Å²) >= 11 is 0. The zero-order valence-corrected chi connectivity index (χ0v) is 28.3. The number of guanidine groups is 1. The van der Waals surface area contributed by atoms with Crippen LogP contribution in [0.2, 0.25) is 0 Å². The number of aliphatic imine (C=N–C) groups is 1. The van der Waals surface area contributed by atoms with Crippen LogP contribution >= 0.6 is 0 Å². The van der Waals surface area contributed by atoms with E-state index < -0.39 is 65.7 Å². The van der Waals surface area contributed by atoms with Gasteiger partial charge < -0.3 is 48.1 Å². The second-order valence-corrected chi connectivity index (χ2v) is 12.7. The molecule has 10 N–H and O–H groups in total. The van der Waals surface area contributed by atoms with Gasteiger partial charge in [-0.15, -0.1) is 0 Å². The number of benzene rings is 1. The summed E-state index contributed by atoms with van der Waals surface area (Å²) in [4.78, 5) is 85.2. The Kier molecular flexibility index (Phi) is 14.8. The molecular weight excluding hydrogens is 634 g/mol. The van der Waals surface area contributed by atoms with Crippen LogP contribution in [0.25, 0.3) is 0 Å². The number of carbonyl (C=O) groups excluding carboxylic acids is 5. The Hall–Kier alpha value is -4.73. The van der Waals surface area contributed by atoms with E-state index in [1.54, 1.807) is 6.92 Å². The lowest BCUT2D eigenvalue weighted by molar-refractivity contribution is -0.146. The van der Waals surface area contributed by atoms with Gasteiger partial charge in [0.15, 0.2) is 5.96 Å². The van der Waals surface area contributed by atoms with Gasteiger partial charge in [-0.2, -0.15) is 0 Å². The third-order valence-electron chi connectivity index (χ3n) is 9.11. The summed E-state index contributed by atoms with van der Waals surface area (Å²) in [6, 6.07) is 4.32. The van der Waals surface area contributed by atoms with E-state index in [0.29, 0.717) is 58.0 Å². The van der Waals surface area contributed by atoms with Crippen molar-refractivity contribution in [1.82, 2.24) is 25.8 Å². The van der Waals surface area contributed by atoms with Gasteiger partial charge in [0.2, 0.25) is 29.5 Å². The van der Waals surface area contributed by atoms with Crippen LogP contribution in [0.4, 0.5) is 0 Å². The zero-order valence-electron chi connectivity index (χ0n) is 28.3. The van der Waals surface area contributed by atoms with Crippen LogP contribution in [0, 0.1) is 5.92 Å². The van der Waals surface area contributed by atoms with Gasteiger partial charge in [-0.05, 0) is 50.0 Å². The molecule has 49 heavy (non-hydrogen) atoms. The molecule has 0 saturated carbocycles. The fraction of sp³-hybridized carbons (Fsp3) is 0.606. The maximum absolute atomic E-state index is 14.1. The average Bonchev–Trinajstić information content (AvgIpc) is 3.78. The van der Waals surface area contributed by atoms with E-state index >= 15 is 0 Å². The number of likely N-dealkylation sites (tertiary alicyclic amines) is 2. The summed E-state index contributed by atoms with van der Waals surface area (Å²) < 4.78 is 0. The van der Waals surface area contributed by atoms with Crippen molar-refractivity contribution in [2.24, 2.45) is 28.1 Å². The molecule has 0 radical (unpaired) electrons. The summed E-state index contributed by atoms with van der Waals surface area (Å²) in [5.41, 5.74) is 17.3. The second kappa shape index (κ2) is 18.7. The molecule has 16 nitrogen and oxygen atoms in total. The highest BCUT2D eigenvalue weighted by Gasteiger charge is 2.41. The molecule has 0 spiro atoms. The Balaban J connectivity index is 1.69. The lowest BCUT2D eigenvalue weighted by Crippen LogP contribution is -2.58. The molecule has 2 aliphatic heterocycles. The first-order chi connectivity index (χ1) is 23.3. The summed E-state index contributed by atoms with van der Waals surface area (Å²) in [6.07, 6.45) is 3.26. The molecule has 1 aromatic carbocycles. The van der Waals surface area contributed by atoms with Crippen LogP contribution < -0.4 is 33.2 Å². The zero-order chi connectivity index (χ0) is 36.1. The molecular formula is C33H51N9O7. The Bertz CT molecular complexity index is 1350. The van der Waals surface area contributed by atoms with Crippen LogP contribution in [0.1, 0.15) is 64.4 Å². The fourth-order valence-corrected chi connectivity index (χ4v) is 6.14. The number of amides is 5. The van der Waals surface area contributed by atoms with E-state index in [4.69, 9.17) is 17.2 Å². The average molecular weight is 686 g/mol. The molecule has 5 amide bonds. The summed E-state index contributed by atoms with van der Waals surface area (Å²) in [5, 5.41) is 17.7. The number of nitrogens with two attached hydrogens (primary N) is 3. The predicted molar refractivity (Wildman–Crippen MR) is 181 cm³/mol. The predicted octanol–water partition coefficient (Wildman–Crippen LogP) is -1.19. The van der Waals surface area contributed by atoms with Gasteiger partial charge in [0.1, 0.15) is 24.2 Å². The summed E-state index contributed by atoms with van der Waals surface area (Å²) in [5.74, 6) is -4.05. The Labute approximate surface area is 286 Å². The van der Waals surface area contributed by atoms with E-state index in [-0.39, 0.29) is 31.4 Å². The van der Waals surface area contributed by atoms with Gasteiger partial charge in [0.25, 0.3) is 0 Å². The lowest BCUT2D eigenvalue weighted by atomic mass is 9.98. The molecule has 0 bridgehead atoms. The Morgan fingerprint density at radius 3 is 2.18 bits per heavy atom. The van der Waals surface area contributed by atoms with Crippen LogP contribution in [-0.4, -0.2) is 113 Å². The van der Waals surface area contributed by atoms with Gasteiger partial charge in [-0.3, -0.25) is 29.0 Å². The van der Waals surface area contributed by atoms with Crippen LogP contribution in [0.15, 0.2) is 35.3 Å². The highest BCUT2D eigenvalue weighted by atomic mass is 16.4. The topological polar surface area (TPSA) is 256 Å². The largest absolute Gasteiger partial charge is 0.480 e. The summed E-state index contributed by atoms with van der Waals surface area (Å²) in [7, 11) is 0. The van der Waals surface area contributed by atoms with Crippen molar-refractivity contribution < 1.29 is 33.9 Å². The molecule has 2 fully saturated rings. The monoisotopic (exact) mass is 685 g/mol. The first-order valence-corrected chi connectivity index (χ1v) is 16.9. The summed E-state index contributed by atoms with van der Waals surface area (Å²) in [6.45, 7) is 4.10. The number of carbonyl (C=O) groups is 6. The van der Waals surface area contributed by atoms with E-state index in [2.05, 4.69) is 20.9 Å². The number of carboxylic acid groups (broad SMARTS) is 1. The minimum absolute atomic E-state index is 0.0561. The molecule has 0 aliphatic carbocycles. The van der Waals surface area contributed by atoms with Crippen molar-refractivity contribution in [1.29, 1.82) is 0 Å². The third-order valence-corrected chi connectivity index (χ3v) is 9.11. The fourth-order valence-electron chi connectivity index (χ4n) is 6.14. The minimum Gasteiger partial charge on any atom is -0.480 e. The maximum Gasteiger partial charge on any atom is 0.326 e. The number of rotatable bonds is 17. The van der Waals surface area contributed by atoms with Crippen LogP contribution in [-0.2, 0) is 35.2 Å². The van der Waals surface area contributed by atoms with Crippen LogP contribution in [0.5, 0.6) is 0 Å². The Morgan fingerprint density at radius 1 is 0.959 bits per heavy atom. The van der Waals surface area contributed by atoms with E-state index in [1.165, 1.54) is 9.80 Å². The first-order valence-electron chi connectivity index (χ1n) is 16.9. The first kappa shape index (κ1) is 38.7. The van der Waals surface area contributed by atoms with Crippen molar-refractivity contribution in [2.75, 3.05) is 26.2 Å². The molecule has 2 heterocycles. The standard InChI is InChI=1S/C33H51N9O7/c1-3-20(2)27(32(48)49)40-30(46)25-14-9-17-42(25)31(47)23(18-21-10-5-4-6-11-21)39-29(45)24-13-8-16-41(24)26(43)19-38-28(44)22(34)12-7-15-37-33(35)36/h4-6,10-11,20,22-25,27H,3,7-9,12-19,34H2,1-2H3,(H,38,44)(H,39,45)(H,40,46)(H,48,49)(H4,35,36,37)/t20?,22-,23?,24?,25?,27?/m0/s1. The number of nitrogens with zero attached hydrogens (tertiary/aromatic N) is 3. The smallest absolute Gasteiger partial charge is 0.326 e. The van der Waals surface area contributed by atoms with Gasteiger partial charge in [0.05, 0.1) is 12.6 Å². The molecule has 2 aliphatic rings. The molecule has 5 unspecified atom stereocenters. The Morgan fingerprint density at radius 2 is 1.57 bits per heavy atom. The van der Waals surface area contributed by atoms with E-state index in [1.807, 2.05) is 37.3 Å². The lowest BCUT2D eigenvalue weighted by Gasteiger charge is -2.31. The number of hydrogen-bond donors (Lipinski definition) is 7. The van der Waals surface area contributed by atoms with E-state index in [9.17, 15) is 33.9 Å². The van der Waals surface area contributed by atoms with Crippen molar-refractivity contribution in [3.05, 3.63) is 35.9 Å². The molecule has 2 saturated heterocycles. The van der Waals surface area contributed by atoms with Crippen LogP contribution in [0.3, 0.4) is 0 Å². The third kappa shape index (κ3) is 11.2.